The van der Waals surface area contributed by atoms with Crippen molar-refractivity contribution >= 4 is 22.6 Å². The van der Waals surface area contributed by atoms with Crippen molar-refractivity contribution in [1.29, 1.82) is 0 Å². The fourth-order valence-electron chi connectivity index (χ4n) is 0.849. The van der Waals surface area contributed by atoms with Crippen molar-refractivity contribution < 1.29 is 9.72 Å². The first-order chi connectivity index (χ1) is 6.11. The van der Waals surface area contributed by atoms with E-state index in [-0.39, 0.29) is 10.8 Å². The van der Waals surface area contributed by atoms with E-state index in [2.05, 4.69) is 0 Å². The third kappa shape index (κ3) is 2.55. The summed E-state index contributed by atoms with van der Waals surface area (Å²) in [7, 11) is 0. The van der Waals surface area contributed by atoms with Crippen molar-refractivity contribution in [3.05, 3.63) is 34.4 Å². The van der Waals surface area contributed by atoms with Crippen molar-refractivity contribution in [3.63, 3.8) is 0 Å². The largest absolute Gasteiger partial charge is 0.287 e. The molecule has 0 fully saturated rings. The molecule has 1 rings (SSSR count). The van der Waals surface area contributed by atoms with Crippen LogP contribution in [0, 0.1) is 10.1 Å². The maximum absolute atomic E-state index is 10.7. The molecule has 13 heavy (non-hydrogen) atoms. The summed E-state index contributed by atoms with van der Waals surface area (Å²) in [5, 5.41) is 10.3. The van der Waals surface area contributed by atoms with Crippen molar-refractivity contribution in [1.82, 2.24) is 0 Å². The maximum atomic E-state index is 10.7. The molecule has 0 N–H and O–H groups in total. The number of rotatable bonds is 2. The van der Waals surface area contributed by atoms with Crippen molar-refractivity contribution in [2.45, 2.75) is 11.8 Å². The number of hydrogen-bond acceptors (Lipinski definition) is 4. The first kappa shape index (κ1) is 9.73. The van der Waals surface area contributed by atoms with Crippen LogP contribution in [0.4, 0.5) is 5.69 Å². The summed E-state index contributed by atoms with van der Waals surface area (Å²) in [5.74, 6) is 0. The van der Waals surface area contributed by atoms with Gasteiger partial charge in [-0.05, 0) is 17.8 Å². The topological polar surface area (TPSA) is 60.2 Å². The zero-order valence-corrected chi connectivity index (χ0v) is 7.71. The predicted octanol–water partition coefficient (Wildman–Crippen LogP) is 2.23. The van der Waals surface area contributed by atoms with Crippen LogP contribution in [0.5, 0.6) is 0 Å². The van der Waals surface area contributed by atoms with Gasteiger partial charge in [-0.15, -0.1) is 0 Å². The van der Waals surface area contributed by atoms with Crippen LogP contribution in [0.3, 0.4) is 0 Å². The van der Waals surface area contributed by atoms with E-state index in [9.17, 15) is 14.9 Å². The average Bonchev–Trinajstić information content (AvgIpc) is 2.03. The molecule has 5 heteroatoms. The van der Waals surface area contributed by atoms with Gasteiger partial charge < -0.3 is 0 Å². The molecular formula is C8H7NO3S. The van der Waals surface area contributed by atoms with E-state index < -0.39 is 4.92 Å². The van der Waals surface area contributed by atoms with Crippen LogP contribution in [0.1, 0.15) is 6.92 Å². The first-order valence-electron chi connectivity index (χ1n) is 3.53. The van der Waals surface area contributed by atoms with Crippen molar-refractivity contribution in [3.8, 4) is 0 Å². The summed E-state index contributed by atoms with van der Waals surface area (Å²) in [6.07, 6.45) is 0. The third-order valence-electron chi connectivity index (χ3n) is 1.32. The number of benzene rings is 1. The maximum Gasteiger partial charge on any atom is 0.283 e. The van der Waals surface area contributed by atoms with Gasteiger partial charge in [-0.2, -0.15) is 0 Å². The summed E-state index contributed by atoms with van der Waals surface area (Å²) < 4.78 is 0. The second-order valence-corrected chi connectivity index (χ2v) is 3.54. The summed E-state index contributed by atoms with van der Waals surface area (Å²) in [4.78, 5) is 21.1. The lowest BCUT2D eigenvalue weighted by molar-refractivity contribution is -0.387. The summed E-state index contributed by atoms with van der Waals surface area (Å²) in [6.45, 7) is 1.38. The van der Waals surface area contributed by atoms with Crippen LogP contribution >= 0.6 is 11.8 Å². The normalized spacial score (nSPS) is 9.62. The van der Waals surface area contributed by atoms with E-state index >= 15 is 0 Å². The Kier molecular flexibility index (Phi) is 3.02. The van der Waals surface area contributed by atoms with Crippen LogP contribution in [-0.4, -0.2) is 10.0 Å². The van der Waals surface area contributed by atoms with Crippen LogP contribution in [0.25, 0.3) is 0 Å². The number of nitro benzene ring substituents is 1. The SMILES string of the molecule is CC(=O)Sc1ccccc1[N+](=O)[O-]. The van der Waals surface area contributed by atoms with E-state index in [1.807, 2.05) is 0 Å². The van der Waals surface area contributed by atoms with Gasteiger partial charge in [0.15, 0.2) is 5.12 Å². The number of nitrogens with zero attached hydrogens (tertiary/aromatic N) is 1. The van der Waals surface area contributed by atoms with Gasteiger partial charge in [-0.1, -0.05) is 12.1 Å². The molecule has 0 aliphatic carbocycles. The molecule has 0 radical (unpaired) electrons. The quantitative estimate of drug-likeness (QED) is 0.414. The highest BCUT2D eigenvalue weighted by atomic mass is 32.2. The van der Waals surface area contributed by atoms with E-state index in [0.29, 0.717) is 4.90 Å². The summed E-state index contributed by atoms with van der Waals surface area (Å²) in [6, 6.07) is 6.18. The van der Waals surface area contributed by atoms with Gasteiger partial charge in [0.25, 0.3) is 5.69 Å². The Morgan fingerprint density at radius 1 is 1.46 bits per heavy atom. The summed E-state index contributed by atoms with van der Waals surface area (Å²) in [5.41, 5.74) is -0.0253. The van der Waals surface area contributed by atoms with Gasteiger partial charge in [-0.25, -0.2) is 0 Å². The molecule has 1 aromatic carbocycles. The molecule has 0 amide bonds. The summed E-state index contributed by atoms with van der Waals surface area (Å²) >= 11 is 0.873. The Hall–Kier alpha value is -1.36. The molecule has 4 nitrogen and oxygen atoms in total. The third-order valence-corrected chi connectivity index (χ3v) is 2.17. The van der Waals surface area contributed by atoms with E-state index in [1.165, 1.54) is 13.0 Å². The molecule has 0 aliphatic heterocycles. The second-order valence-electron chi connectivity index (χ2n) is 2.32. The van der Waals surface area contributed by atoms with E-state index in [1.54, 1.807) is 18.2 Å². The Labute approximate surface area is 79.1 Å². The Morgan fingerprint density at radius 3 is 2.62 bits per heavy atom. The smallest absolute Gasteiger partial charge is 0.283 e. The van der Waals surface area contributed by atoms with Crippen LogP contribution in [0.2, 0.25) is 0 Å². The Bertz CT molecular complexity index is 351. The fraction of sp³-hybridized carbons (Fsp3) is 0.125. The number of thioether (sulfide) groups is 1. The van der Waals surface area contributed by atoms with Gasteiger partial charge in [0.1, 0.15) is 0 Å². The highest BCUT2D eigenvalue weighted by molar-refractivity contribution is 8.13. The van der Waals surface area contributed by atoms with Crippen molar-refractivity contribution in [2.75, 3.05) is 0 Å². The minimum Gasteiger partial charge on any atom is -0.287 e. The second kappa shape index (κ2) is 4.04. The number of para-hydroxylation sites is 1. The molecule has 0 saturated heterocycles. The molecule has 68 valence electrons. The lowest BCUT2D eigenvalue weighted by Gasteiger charge is -1.97. The van der Waals surface area contributed by atoms with E-state index in [0.717, 1.165) is 11.8 Å². The molecule has 0 bridgehead atoms. The van der Waals surface area contributed by atoms with Crippen molar-refractivity contribution in [2.24, 2.45) is 0 Å². The monoisotopic (exact) mass is 197 g/mol. The molecule has 0 aliphatic rings. The Balaban J connectivity index is 3.04. The zero-order valence-electron chi connectivity index (χ0n) is 6.89. The molecule has 0 heterocycles. The van der Waals surface area contributed by atoms with Gasteiger partial charge in [0.2, 0.25) is 0 Å². The average molecular weight is 197 g/mol. The van der Waals surface area contributed by atoms with E-state index in [4.69, 9.17) is 0 Å². The van der Waals surface area contributed by atoms with Gasteiger partial charge in [0.05, 0.1) is 9.82 Å². The molecule has 0 unspecified atom stereocenters. The zero-order chi connectivity index (χ0) is 9.84. The fourth-order valence-corrected chi connectivity index (χ4v) is 1.55. The lowest BCUT2D eigenvalue weighted by Crippen LogP contribution is -1.91. The Morgan fingerprint density at radius 2 is 2.08 bits per heavy atom. The van der Waals surface area contributed by atoms with Crippen LogP contribution < -0.4 is 0 Å². The molecule has 1 aromatic rings. The van der Waals surface area contributed by atoms with Crippen LogP contribution in [-0.2, 0) is 4.79 Å². The number of carbonyl (C=O) groups is 1. The first-order valence-corrected chi connectivity index (χ1v) is 4.34. The standard InChI is InChI=1S/C8H7NO3S/c1-6(10)13-8-5-3-2-4-7(8)9(11)12/h2-5H,1H3. The number of carbonyl (C=O) groups excluding carboxylic acids is 1. The van der Waals surface area contributed by atoms with Crippen LogP contribution in [0.15, 0.2) is 29.2 Å². The molecule has 0 atom stereocenters. The highest BCUT2D eigenvalue weighted by Crippen LogP contribution is 2.28. The molecule has 0 saturated carbocycles. The number of nitro groups is 1. The lowest BCUT2D eigenvalue weighted by atomic mass is 10.3. The molecule has 0 spiro atoms. The van der Waals surface area contributed by atoms with Gasteiger partial charge >= 0.3 is 0 Å². The molecule has 0 aromatic heterocycles. The minimum atomic E-state index is -0.495. The minimum absolute atomic E-state index is 0.0253. The molecular weight excluding hydrogens is 190 g/mol. The van der Waals surface area contributed by atoms with Gasteiger partial charge in [-0.3, -0.25) is 14.9 Å². The predicted molar refractivity (Wildman–Crippen MR) is 49.6 cm³/mol. The number of hydrogen-bond donors (Lipinski definition) is 0. The van der Waals surface area contributed by atoms with Gasteiger partial charge in [0, 0.05) is 13.0 Å². The highest BCUT2D eigenvalue weighted by Gasteiger charge is 2.13.